The van der Waals surface area contributed by atoms with Gasteiger partial charge >= 0.3 is 0 Å². The lowest BCUT2D eigenvalue weighted by Gasteiger charge is -2.37. The number of piperazine rings is 1. The van der Waals surface area contributed by atoms with Crippen LogP contribution in [0, 0.1) is 17.0 Å². The van der Waals surface area contributed by atoms with Gasteiger partial charge in [0.1, 0.15) is 6.04 Å². The molecular formula is C29H31N5O2S2. The monoisotopic (exact) mass is 545 g/mol. The molecule has 1 unspecified atom stereocenters. The summed E-state index contributed by atoms with van der Waals surface area (Å²) in [5, 5.41) is 11.7. The molecule has 0 spiro atoms. The molecule has 1 heterocycles. The summed E-state index contributed by atoms with van der Waals surface area (Å²) >= 11 is 2.82. The van der Waals surface area contributed by atoms with Crippen LogP contribution in [0.25, 0.3) is 0 Å². The molecule has 0 aromatic heterocycles. The summed E-state index contributed by atoms with van der Waals surface area (Å²) in [5.74, 6) is 0. The quantitative estimate of drug-likeness (QED) is 0.179. The Hall–Kier alpha value is -3.40. The molecule has 196 valence electrons. The molecule has 0 amide bonds. The molecular weight excluding hydrogens is 514 g/mol. The van der Waals surface area contributed by atoms with Crippen molar-refractivity contribution in [3.63, 3.8) is 0 Å². The first-order valence-corrected chi connectivity index (χ1v) is 14.3. The summed E-state index contributed by atoms with van der Waals surface area (Å²) in [7, 11) is 0. The summed E-state index contributed by atoms with van der Waals surface area (Å²) < 4.78 is 6.58. The number of aryl methyl sites for hydroxylation is 1. The van der Waals surface area contributed by atoms with E-state index in [1.54, 1.807) is 6.08 Å². The zero-order valence-electron chi connectivity index (χ0n) is 21.2. The van der Waals surface area contributed by atoms with Gasteiger partial charge in [0.2, 0.25) is 0 Å². The van der Waals surface area contributed by atoms with Crippen LogP contribution in [0.4, 0.5) is 17.1 Å². The van der Waals surface area contributed by atoms with Crippen LogP contribution in [0.3, 0.4) is 0 Å². The van der Waals surface area contributed by atoms with Crippen LogP contribution < -0.4 is 19.2 Å². The van der Waals surface area contributed by atoms with E-state index in [-0.39, 0.29) is 16.7 Å². The predicted molar refractivity (Wildman–Crippen MR) is 160 cm³/mol. The maximum Gasteiger partial charge on any atom is 0.265 e. The molecule has 2 aliphatic rings. The van der Waals surface area contributed by atoms with Crippen LogP contribution in [0.5, 0.6) is 0 Å². The molecule has 1 fully saturated rings. The van der Waals surface area contributed by atoms with Crippen molar-refractivity contribution in [2.24, 2.45) is 0 Å². The number of nitrogens with zero attached hydrogens (tertiary/aromatic N) is 3. The highest BCUT2D eigenvalue weighted by atomic mass is 32.2. The third-order valence-corrected chi connectivity index (χ3v) is 8.41. The second-order valence-corrected chi connectivity index (χ2v) is 11.1. The normalized spacial score (nSPS) is 17.6. The number of hydrogen-bond donors (Lipinski definition) is 2. The van der Waals surface area contributed by atoms with E-state index in [4.69, 9.17) is 0 Å². The van der Waals surface area contributed by atoms with Crippen LogP contribution in [-0.4, -0.2) is 37.1 Å². The van der Waals surface area contributed by atoms with Crippen molar-refractivity contribution >= 4 is 41.0 Å². The van der Waals surface area contributed by atoms with Crippen LogP contribution in [0.1, 0.15) is 12.0 Å². The van der Waals surface area contributed by atoms with E-state index in [2.05, 4.69) is 74.7 Å². The smallest absolute Gasteiger partial charge is 0.265 e. The Balaban J connectivity index is 1.12. The Morgan fingerprint density at radius 2 is 1.58 bits per heavy atom. The van der Waals surface area contributed by atoms with Crippen LogP contribution >= 0.6 is 23.9 Å². The average Bonchev–Trinajstić information content (AvgIpc) is 2.96. The first kappa shape index (κ1) is 26.2. The first-order chi connectivity index (χ1) is 18.5. The summed E-state index contributed by atoms with van der Waals surface area (Å²) in [5.41, 5.74) is 4.94. The van der Waals surface area contributed by atoms with Crippen molar-refractivity contribution in [3.8, 4) is 0 Å². The number of hydrogen-bond acceptors (Lipinski definition) is 8. The Morgan fingerprint density at radius 1 is 0.868 bits per heavy atom. The van der Waals surface area contributed by atoms with Gasteiger partial charge in [-0.1, -0.05) is 36.4 Å². The largest absolute Gasteiger partial charge is 0.368 e. The summed E-state index contributed by atoms with van der Waals surface area (Å²) in [6.45, 7) is 6.09. The van der Waals surface area contributed by atoms with Crippen LogP contribution in [0.2, 0.25) is 0 Å². The molecule has 9 heteroatoms. The number of nitrogens with one attached hydrogen (secondary N) is 2. The van der Waals surface area contributed by atoms with E-state index < -0.39 is 0 Å². The van der Waals surface area contributed by atoms with Gasteiger partial charge in [0.25, 0.3) is 5.70 Å². The van der Waals surface area contributed by atoms with Crippen molar-refractivity contribution in [3.05, 3.63) is 117 Å². The summed E-state index contributed by atoms with van der Waals surface area (Å²) in [4.78, 5) is 18.2. The third-order valence-electron chi connectivity index (χ3n) is 6.64. The summed E-state index contributed by atoms with van der Waals surface area (Å²) in [6, 6.07) is 26.6. The molecule has 1 aliphatic heterocycles. The highest BCUT2D eigenvalue weighted by Gasteiger charge is 2.28. The van der Waals surface area contributed by atoms with Crippen molar-refractivity contribution in [2.45, 2.75) is 24.3 Å². The van der Waals surface area contributed by atoms with E-state index in [9.17, 15) is 10.1 Å². The molecule has 0 saturated carbocycles. The fourth-order valence-electron chi connectivity index (χ4n) is 4.55. The van der Waals surface area contributed by atoms with Gasteiger partial charge in [-0.15, -0.1) is 0 Å². The molecule has 1 aliphatic carbocycles. The molecule has 3 aromatic carbocycles. The molecule has 0 radical (unpaired) electrons. The minimum atomic E-state index is -0.342. The lowest BCUT2D eigenvalue weighted by atomic mass is 10.1. The topological polar surface area (TPSA) is 73.7 Å². The zero-order chi connectivity index (χ0) is 26.3. The van der Waals surface area contributed by atoms with E-state index >= 15 is 0 Å². The Kier molecular flexibility index (Phi) is 8.58. The predicted octanol–water partition coefficient (Wildman–Crippen LogP) is 6.50. The lowest BCUT2D eigenvalue weighted by Crippen LogP contribution is -2.46. The highest BCUT2D eigenvalue weighted by Crippen LogP contribution is 2.30. The molecule has 7 nitrogen and oxygen atoms in total. The average molecular weight is 546 g/mol. The number of rotatable bonds is 9. The molecule has 38 heavy (non-hydrogen) atoms. The maximum absolute atomic E-state index is 11.7. The van der Waals surface area contributed by atoms with Gasteiger partial charge in [0.05, 0.1) is 4.92 Å². The van der Waals surface area contributed by atoms with Gasteiger partial charge in [0.15, 0.2) is 0 Å². The molecule has 1 atom stereocenters. The second kappa shape index (κ2) is 12.4. The van der Waals surface area contributed by atoms with Gasteiger partial charge in [-0.2, -0.15) is 0 Å². The van der Waals surface area contributed by atoms with Gasteiger partial charge in [0, 0.05) is 59.1 Å². The van der Waals surface area contributed by atoms with E-state index in [1.807, 2.05) is 36.4 Å². The van der Waals surface area contributed by atoms with Gasteiger partial charge in [-0.3, -0.25) is 10.1 Å². The fourth-order valence-corrected chi connectivity index (χ4v) is 6.07. The van der Waals surface area contributed by atoms with E-state index in [0.29, 0.717) is 6.42 Å². The standard InChI is InChI=1S/C29H31N5O2S2/c1-22-6-5-7-25(20-22)33-18-16-32(17-19-33)24-12-10-23(11-13-24)30-38-27-14-15-28(29(21-27)34(35)36)31-37-26-8-3-2-4-9-26/h2-14,20-21,28,30-31H,15-19H2,1H3. The minimum absolute atomic E-state index is 0.181. The van der Waals surface area contributed by atoms with Crippen molar-refractivity contribution in [2.75, 3.05) is 40.7 Å². The molecule has 1 saturated heterocycles. The van der Waals surface area contributed by atoms with E-state index in [1.165, 1.54) is 40.8 Å². The molecule has 0 bridgehead atoms. The number of nitro groups is 1. The summed E-state index contributed by atoms with van der Waals surface area (Å²) in [6.07, 6.45) is 4.26. The van der Waals surface area contributed by atoms with E-state index in [0.717, 1.165) is 41.7 Å². The van der Waals surface area contributed by atoms with Gasteiger partial charge in [-0.05, 0) is 91.3 Å². The number of anilines is 3. The number of allylic oxidation sites excluding steroid dienone is 1. The van der Waals surface area contributed by atoms with Gasteiger partial charge in [-0.25, -0.2) is 4.72 Å². The Labute approximate surface area is 232 Å². The van der Waals surface area contributed by atoms with Crippen LogP contribution in [-0.2, 0) is 0 Å². The Morgan fingerprint density at radius 3 is 2.26 bits per heavy atom. The third kappa shape index (κ3) is 6.72. The van der Waals surface area contributed by atoms with Crippen molar-refractivity contribution in [1.29, 1.82) is 0 Å². The number of benzene rings is 3. The lowest BCUT2D eigenvalue weighted by molar-refractivity contribution is -0.430. The SMILES string of the molecule is Cc1cccc(N2CCN(c3ccc(NSC4=CCC(NSc5ccccc5)C([N+](=O)[O-])=C4)cc3)CC2)c1. The molecule has 3 aromatic rings. The highest BCUT2D eigenvalue weighted by molar-refractivity contribution is 8.04. The van der Waals surface area contributed by atoms with Crippen LogP contribution in [0.15, 0.2) is 107 Å². The minimum Gasteiger partial charge on any atom is -0.368 e. The van der Waals surface area contributed by atoms with Crippen molar-refractivity contribution < 1.29 is 4.92 Å². The zero-order valence-corrected chi connectivity index (χ0v) is 22.9. The van der Waals surface area contributed by atoms with Gasteiger partial charge < -0.3 is 14.5 Å². The second-order valence-electron chi connectivity index (χ2n) is 9.32. The Bertz CT molecular complexity index is 1310. The van der Waals surface area contributed by atoms with Crippen molar-refractivity contribution in [1.82, 2.24) is 4.72 Å². The maximum atomic E-state index is 11.7. The molecule has 2 N–H and O–H groups in total. The fraction of sp³-hybridized carbons (Fsp3) is 0.241. The first-order valence-electron chi connectivity index (χ1n) is 12.7. The molecule has 5 rings (SSSR count).